The molecule has 1 aliphatic rings. The monoisotopic (exact) mass is 222 g/mol. The SMILES string of the molecule is CN(CCC1CCCNC1)Cc1ccoc1. The number of furan rings is 1. The Labute approximate surface area is 97.8 Å². The van der Waals surface area contributed by atoms with Crippen molar-refractivity contribution in [1.82, 2.24) is 10.2 Å². The van der Waals surface area contributed by atoms with Gasteiger partial charge in [-0.25, -0.2) is 0 Å². The lowest BCUT2D eigenvalue weighted by molar-refractivity contribution is 0.268. The largest absolute Gasteiger partial charge is 0.472 e. The third kappa shape index (κ3) is 3.65. The van der Waals surface area contributed by atoms with E-state index in [-0.39, 0.29) is 0 Å². The molecule has 1 atom stereocenters. The number of hydrogen-bond acceptors (Lipinski definition) is 3. The molecule has 16 heavy (non-hydrogen) atoms. The Morgan fingerprint density at radius 3 is 3.19 bits per heavy atom. The van der Waals surface area contributed by atoms with E-state index in [0.717, 1.165) is 12.5 Å². The van der Waals surface area contributed by atoms with Crippen LogP contribution in [0.4, 0.5) is 0 Å². The van der Waals surface area contributed by atoms with Gasteiger partial charge in [0.1, 0.15) is 0 Å². The Morgan fingerprint density at radius 1 is 1.56 bits per heavy atom. The summed E-state index contributed by atoms with van der Waals surface area (Å²) in [6, 6.07) is 2.04. The summed E-state index contributed by atoms with van der Waals surface area (Å²) in [6.07, 6.45) is 7.62. The van der Waals surface area contributed by atoms with Crippen LogP contribution < -0.4 is 5.32 Å². The summed E-state index contributed by atoms with van der Waals surface area (Å²) >= 11 is 0. The van der Waals surface area contributed by atoms with Gasteiger partial charge in [0, 0.05) is 12.1 Å². The Bertz CT molecular complexity index is 278. The molecule has 1 aromatic rings. The standard InChI is InChI=1S/C13H22N2O/c1-15(10-13-5-8-16-11-13)7-4-12-3-2-6-14-9-12/h5,8,11-12,14H,2-4,6-7,9-10H2,1H3. The zero-order valence-corrected chi connectivity index (χ0v) is 10.1. The highest BCUT2D eigenvalue weighted by molar-refractivity contribution is 5.04. The highest BCUT2D eigenvalue weighted by Crippen LogP contribution is 2.14. The van der Waals surface area contributed by atoms with Crippen molar-refractivity contribution in [2.24, 2.45) is 5.92 Å². The molecule has 1 unspecified atom stereocenters. The van der Waals surface area contributed by atoms with Crippen LogP contribution in [-0.2, 0) is 6.54 Å². The molecule has 90 valence electrons. The van der Waals surface area contributed by atoms with E-state index >= 15 is 0 Å². The number of rotatable bonds is 5. The van der Waals surface area contributed by atoms with Gasteiger partial charge in [-0.15, -0.1) is 0 Å². The highest BCUT2D eigenvalue weighted by Gasteiger charge is 2.13. The molecule has 0 aliphatic carbocycles. The van der Waals surface area contributed by atoms with Gasteiger partial charge in [0.15, 0.2) is 0 Å². The van der Waals surface area contributed by atoms with Crippen LogP contribution in [0.2, 0.25) is 0 Å². The van der Waals surface area contributed by atoms with Crippen LogP contribution in [0.3, 0.4) is 0 Å². The molecule has 1 saturated heterocycles. The molecule has 0 aromatic carbocycles. The summed E-state index contributed by atoms with van der Waals surface area (Å²) in [5.41, 5.74) is 1.27. The molecular weight excluding hydrogens is 200 g/mol. The minimum atomic E-state index is 0.876. The van der Waals surface area contributed by atoms with E-state index in [4.69, 9.17) is 4.42 Å². The molecule has 0 spiro atoms. The molecule has 0 bridgehead atoms. The molecule has 0 radical (unpaired) electrons. The topological polar surface area (TPSA) is 28.4 Å². The first-order valence-corrected chi connectivity index (χ1v) is 6.25. The van der Waals surface area contributed by atoms with Crippen LogP contribution in [0, 0.1) is 5.92 Å². The maximum atomic E-state index is 5.07. The number of hydrogen-bond donors (Lipinski definition) is 1. The van der Waals surface area contributed by atoms with Crippen LogP contribution in [0.1, 0.15) is 24.8 Å². The van der Waals surface area contributed by atoms with Gasteiger partial charge in [0.2, 0.25) is 0 Å². The lowest BCUT2D eigenvalue weighted by Crippen LogP contribution is -2.32. The van der Waals surface area contributed by atoms with Crippen molar-refractivity contribution >= 4 is 0 Å². The first kappa shape index (κ1) is 11.7. The Morgan fingerprint density at radius 2 is 2.50 bits per heavy atom. The molecule has 0 amide bonds. The van der Waals surface area contributed by atoms with E-state index in [9.17, 15) is 0 Å². The van der Waals surface area contributed by atoms with Crippen LogP contribution in [-0.4, -0.2) is 31.6 Å². The summed E-state index contributed by atoms with van der Waals surface area (Å²) in [5.74, 6) is 0.876. The molecule has 1 N–H and O–H groups in total. The van der Waals surface area contributed by atoms with Gasteiger partial charge in [0.25, 0.3) is 0 Å². The number of nitrogens with zero attached hydrogens (tertiary/aromatic N) is 1. The summed E-state index contributed by atoms with van der Waals surface area (Å²) in [6.45, 7) is 4.59. The zero-order chi connectivity index (χ0) is 11.2. The van der Waals surface area contributed by atoms with Gasteiger partial charge in [-0.2, -0.15) is 0 Å². The maximum Gasteiger partial charge on any atom is 0.0947 e. The van der Waals surface area contributed by atoms with Gasteiger partial charge in [-0.3, -0.25) is 0 Å². The van der Waals surface area contributed by atoms with E-state index in [2.05, 4.69) is 17.3 Å². The van der Waals surface area contributed by atoms with Crippen LogP contribution in [0.15, 0.2) is 23.0 Å². The second-order valence-corrected chi connectivity index (χ2v) is 4.87. The van der Waals surface area contributed by atoms with Crippen molar-refractivity contribution in [3.63, 3.8) is 0 Å². The lowest BCUT2D eigenvalue weighted by atomic mass is 9.96. The summed E-state index contributed by atoms with van der Waals surface area (Å²) in [7, 11) is 2.18. The molecule has 2 rings (SSSR count). The van der Waals surface area contributed by atoms with E-state index < -0.39 is 0 Å². The van der Waals surface area contributed by atoms with Crippen molar-refractivity contribution in [3.8, 4) is 0 Å². The molecule has 3 heteroatoms. The maximum absolute atomic E-state index is 5.07. The van der Waals surface area contributed by atoms with E-state index in [1.54, 1.807) is 6.26 Å². The Kier molecular flexibility index (Phi) is 4.43. The number of piperidine rings is 1. The van der Waals surface area contributed by atoms with Gasteiger partial charge in [-0.05, 0) is 57.9 Å². The molecule has 0 saturated carbocycles. The van der Waals surface area contributed by atoms with Crippen molar-refractivity contribution in [1.29, 1.82) is 0 Å². The quantitative estimate of drug-likeness (QED) is 0.827. The fraction of sp³-hybridized carbons (Fsp3) is 0.692. The predicted octanol–water partition coefficient (Wildman–Crippen LogP) is 2.10. The normalized spacial score (nSPS) is 21.5. The fourth-order valence-electron chi connectivity index (χ4n) is 2.35. The van der Waals surface area contributed by atoms with Crippen molar-refractivity contribution in [2.75, 3.05) is 26.7 Å². The third-order valence-corrected chi connectivity index (χ3v) is 3.35. The van der Waals surface area contributed by atoms with Crippen molar-refractivity contribution in [2.45, 2.75) is 25.8 Å². The Balaban J connectivity index is 1.65. The summed E-state index contributed by atoms with van der Waals surface area (Å²) in [4.78, 5) is 2.37. The summed E-state index contributed by atoms with van der Waals surface area (Å²) < 4.78 is 5.07. The first-order valence-electron chi connectivity index (χ1n) is 6.25. The minimum Gasteiger partial charge on any atom is -0.472 e. The van der Waals surface area contributed by atoms with E-state index in [0.29, 0.717) is 0 Å². The smallest absolute Gasteiger partial charge is 0.0947 e. The van der Waals surface area contributed by atoms with E-state index in [1.165, 1.54) is 44.5 Å². The molecule has 1 aliphatic heterocycles. The average molecular weight is 222 g/mol. The highest BCUT2D eigenvalue weighted by atomic mass is 16.3. The van der Waals surface area contributed by atoms with Gasteiger partial charge in [0.05, 0.1) is 12.5 Å². The minimum absolute atomic E-state index is 0.876. The van der Waals surface area contributed by atoms with E-state index in [1.807, 2.05) is 12.3 Å². The van der Waals surface area contributed by atoms with Gasteiger partial charge >= 0.3 is 0 Å². The molecule has 1 aromatic heterocycles. The molecule has 3 nitrogen and oxygen atoms in total. The summed E-state index contributed by atoms with van der Waals surface area (Å²) in [5, 5.41) is 3.47. The van der Waals surface area contributed by atoms with Gasteiger partial charge in [-0.1, -0.05) is 0 Å². The Hall–Kier alpha value is -0.800. The zero-order valence-electron chi connectivity index (χ0n) is 10.1. The van der Waals surface area contributed by atoms with Crippen LogP contribution >= 0.6 is 0 Å². The van der Waals surface area contributed by atoms with Crippen molar-refractivity contribution in [3.05, 3.63) is 24.2 Å². The van der Waals surface area contributed by atoms with Crippen LogP contribution in [0.25, 0.3) is 0 Å². The van der Waals surface area contributed by atoms with Crippen LogP contribution in [0.5, 0.6) is 0 Å². The van der Waals surface area contributed by atoms with Gasteiger partial charge < -0.3 is 14.6 Å². The molecule has 2 heterocycles. The molecular formula is C13H22N2O. The second kappa shape index (κ2) is 6.06. The second-order valence-electron chi connectivity index (χ2n) is 4.87. The van der Waals surface area contributed by atoms with Crippen molar-refractivity contribution < 1.29 is 4.42 Å². The first-order chi connectivity index (χ1) is 7.84. The third-order valence-electron chi connectivity index (χ3n) is 3.35. The molecule has 1 fully saturated rings. The number of nitrogens with one attached hydrogen (secondary N) is 1. The lowest BCUT2D eigenvalue weighted by Gasteiger charge is -2.25. The average Bonchev–Trinajstić information content (AvgIpc) is 2.81. The fourth-order valence-corrected chi connectivity index (χ4v) is 2.35. The predicted molar refractivity (Wildman–Crippen MR) is 65.3 cm³/mol.